The van der Waals surface area contributed by atoms with Gasteiger partial charge in [-0.05, 0) is 12.6 Å². The summed E-state index contributed by atoms with van der Waals surface area (Å²) >= 11 is 0. The van der Waals surface area contributed by atoms with Gasteiger partial charge in [0.05, 0.1) is 0 Å². The number of rotatable bonds is 4. The summed E-state index contributed by atoms with van der Waals surface area (Å²) in [6.45, 7) is -0.461. The zero-order valence-corrected chi connectivity index (χ0v) is 10.2. The molecule has 0 aliphatic heterocycles. The molecule has 0 heterocycles. The molecule has 73 valence electrons. The van der Waals surface area contributed by atoms with E-state index in [2.05, 4.69) is 10.1 Å². The maximum Gasteiger partial charge on any atom is 0.289 e. The van der Waals surface area contributed by atoms with Crippen molar-refractivity contribution in [3.63, 3.8) is 0 Å². The fourth-order valence-electron chi connectivity index (χ4n) is 0.406. The predicted molar refractivity (Wildman–Crippen MR) is 42.2 cm³/mol. The van der Waals surface area contributed by atoms with Crippen molar-refractivity contribution in [2.45, 2.75) is 6.04 Å². The van der Waals surface area contributed by atoms with Gasteiger partial charge in [-0.1, -0.05) is 0 Å². The first-order valence-electron chi connectivity index (χ1n) is 3.40. The number of carbonyl (C=O) groups is 2. The zero-order chi connectivity index (χ0) is 9.56. The van der Waals surface area contributed by atoms with Gasteiger partial charge < -0.3 is 21.5 Å². The minimum atomic E-state index is -1.10. The van der Waals surface area contributed by atoms with Crippen LogP contribution >= 0.6 is 0 Å². The van der Waals surface area contributed by atoms with Crippen molar-refractivity contribution >= 4 is 11.9 Å². The van der Waals surface area contributed by atoms with Crippen LogP contribution in [0.2, 0.25) is 0 Å². The molecule has 7 heteroatoms. The van der Waals surface area contributed by atoms with Gasteiger partial charge in [-0.25, -0.2) is 0 Å². The van der Waals surface area contributed by atoms with Crippen LogP contribution in [0.3, 0.4) is 0 Å². The van der Waals surface area contributed by atoms with Crippen LogP contribution in [0.4, 0.5) is 0 Å². The Kier molecular flexibility index (Phi) is 10.2. The number of amides is 1. The molecule has 0 spiro atoms. The second-order valence-electron chi connectivity index (χ2n) is 2.07. The third-order valence-electron chi connectivity index (χ3n) is 1.14. The Morgan fingerprint density at radius 2 is 2.15 bits per heavy atom. The van der Waals surface area contributed by atoms with Gasteiger partial charge in [0.1, 0.15) is 0 Å². The monoisotopic (exact) mass is 263 g/mol. The van der Waals surface area contributed by atoms with Crippen molar-refractivity contribution in [2.24, 2.45) is 5.73 Å². The maximum atomic E-state index is 10.7. The van der Waals surface area contributed by atoms with E-state index in [4.69, 9.17) is 11.5 Å². The molecule has 13 heavy (non-hydrogen) atoms. The molecule has 0 rings (SSSR count). The van der Waals surface area contributed by atoms with E-state index in [1.165, 1.54) is 7.05 Å². The molecule has 4 N–H and O–H groups in total. The van der Waals surface area contributed by atoms with Gasteiger partial charge >= 0.3 is 0 Å². The number of nitrogens with one attached hydrogen (secondary N) is 2. The van der Waals surface area contributed by atoms with Gasteiger partial charge in [-0.2, -0.15) is 0 Å². The molecule has 0 fully saturated rings. The molecule has 0 saturated carbocycles. The number of ether oxygens (including phenoxy) is 1. The standard InChI is InChI=1S/C6H12N3O3.Y/c1-9-5(10)3-12-6(11)4(8)2-7;/h4,8H,2-3,7H2,1H3,(H,9,10);/q-1;. The molecule has 1 unspecified atom stereocenters. The average Bonchev–Trinajstić information content (AvgIpc) is 2.11. The summed E-state index contributed by atoms with van der Waals surface area (Å²) in [4.78, 5) is 21.3. The van der Waals surface area contributed by atoms with E-state index in [0.29, 0.717) is 0 Å². The third kappa shape index (κ3) is 7.07. The minimum Gasteiger partial charge on any atom is -0.664 e. The van der Waals surface area contributed by atoms with Crippen LogP contribution in [-0.2, 0) is 47.0 Å². The molecule has 0 aromatic rings. The number of hydrogen-bond acceptors (Lipinski definition) is 4. The Balaban J connectivity index is 0. The quantitative estimate of drug-likeness (QED) is 0.612. The third-order valence-corrected chi connectivity index (χ3v) is 1.14. The summed E-state index contributed by atoms with van der Waals surface area (Å²) in [5.74, 6) is -1.19. The normalized spacial score (nSPS) is 11.0. The van der Waals surface area contributed by atoms with Crippen molar-refractivity contribution in [3.05, 3.63) is 5.73 Å². The van der Waals surface area contributed by atoms with Crippen LogP contribution in [0.5, 0.6) is 0 Å². The van der Waals surface area contributed by atoms with Crippen LogP contribution in [0.25, 0.3) is 5.73 Å². The van der Waals surface area contributed by atoms with E-state index in [0.717, 1.165) is 0 Å². The van der Waals surface area contributed by atoms with Crippen LogP contribution < -0.4 is 11.1 Å². The SMILES string of the molecule is CNC(=O)COC(=O)C([NH-])CN.[Y]. The van der Waals surface area contributed by atoms with Gasteiger partial charge in [0.25, 0.3) is 11.9 Å². The van der Waals surface area contributed by atoms with Gasteiger partial charge in [-0.3, -0.25) is 9.59 Å². The molecule has 0 aromatic carbocycles. The summed E-state index contributed by atoms with van der Waals surface area (Å²) in [5, 5.41) is 2.27. The second-order valence-corrected chi connectivity index (χ2v) is 2.07. The summed E-state index contributed by atoms with van der Waals surface area (Å²) in [6.07, 6.45) is 0. The summed E-state index contributed by atoms with van der Waals surface area (Å²) in [7, 11) is 1.43. The Bertz CT molecular complexity index is 177. The first kappa shape index (κ1) is 15.4. The van der Waals surface area contributed by atoms with Crippen LogP contribution in [-0.4, -0.2) is 38.1 Å². The van der Waals surface area contributed by atoms with E-state index in [9.17, 15) is 9.59 Å². The predicted octanol–water partition coefficient (Wildman–Crippen LogP) is -1.35. The Labute approximate surface area is 102 Å². The van der Waals surface area contributed by atoms with Crippen molar-refractivity contribution in [2.75, 3.05) is 20.2 Å². The maximum absolute atomic E-state index is 10.7. The minimum absolute atomic E-state index is 0. The second kappa shape index (κ2) is 8.56. The number of esters is 1. The fourth-order valence-corrected chi connectivity index (χ4v) is 0.406. The first-order valence-corrected chi connectivity index (χ1v) is 3.40. The van der Waals surface area contributed by atoms with E-state index < -0.39 is 17.9 Å². The molecule has 0 aliphatic carbocycles. The van der Waals surface area contributed by atoms with Crippen LogP contribution in [0.15, 0.2) is 0 Å². The first-order chi connectivity index (χ1) is 5.61. The van der Waals surface area contributed by atoms with Gasteiger partial charge in [0.15, 0.2) is 6.61 Å². The van der Waals surface area contributed by atoms with Gasteiger partial charge in [0.2, 0.25) is 0 Å². The van der Waals surface area contributed by atoms with Gasteiger partial charge in [0, 0.05) is 39.8 Å². The van der Waals surface area contributed by atoms with Crippen molar-refractivity contribution in [3.8, 4) is 0 Å². The van der Waals surface area contributed by atoms with E-state index in [1.54, 1.807) is 0 Å². The fraction of sp³-hybridized carbons (Fsp3) is 0.667. The number of hydrogen-bond donors (Lipinski definition) is 2. The topological polar surface area (TPSA) is 105 Å². The molecule has 1 radical (unpaired) electrons. The summed E-state index contributed by atoms with van der Waals surface area (Å²) in [5.41, 5.74) is 12.0. The van der Waals surface area contributed by atoms with E-state index in [-0.39, 0.29) is 45.9 Å². The Morgan fingerprint density at radius 1 is 1.62 bits per heavy atom. The summed E-state index contributed by atoms with van der Waals surface area (Å²) in [6, 6.07) is -1.10. The van der Waals surface area contributed by atoms with Crippen molar-refractivity contribution in [1.29, 1.82) is 0 Å². The molecule has 0 aromatic heterocycles. The average molecular weight is 263 g/mol. The molecule has 1 atom stereocenters. The van der Waals surface area contributed by atoms with Crippen LogP contribution in [0, 0.1) is 0 Å². The Morgan fingerprint density at radius 3 is 2.54 bits per heavy atom. The number of likely N-dealkylation sites (N-methyl/N-ethyl adjacent to an activating group) is 1. The molecule has 1 amide bonds. The zero-order valence-electron chi connectivity index (χ0n) is 7.37. The molecule has 0 aliphatic rings. The molecule has 0 bridgehead atoms. The van der Waals surface area contributed by atoms with Crippen LogP contribution in [0.1, 0.15) is 0 Å². The van der Waals surface area contributed by atoms with E-state index >= 15 is 0 Å². The summed E-state index contributed by atoms with van der Waals surface area (Å²) < 4.78 is 4.43. The molecular formula is C6H12N3O3Y-. The number of carbonyl (C=O) groups excluding carboxylic acids is 2. The molecule has 6 nitrogen and oxygen atoms in total. The largest absolute Gasteiger partial charge is 0.664 e. The van der Waals surface area contributed by atoms with Crippen molar-refractivity contribution < 1.29 is 47.0 Å². The smallest absolute Gasteiger partial charge is 0.289 e. The molecule has 0 saturated heterocycles. The van der Waals surface area contributed by atoms with Crippen molar-refractivity contribution in [1.82, 2.24) is 5.32 Å². The molecular weight excluding hydrogens is 251 g/mol. The number of nitrogens with two attached hydrogens (primary N) is 1. The Hall–Kier alpha value is -0.0361. The van der Waals surface area contributed by atoms with Gasteiger partial charge in [-0.15, -0.1) is 0 Å². The van der Waals surface area contributed by atoms with E-state index in [1.807, 2.05) is 0 Å².